The zero-order valence-electron chi connectivity index (χ0n) is 9.43. The second-order valence-corrected chi connectivity index (χ2v) is 4.12. The Morgan fingerprint density at radius 2 is 2.56 bits per heavy atom. The molecule has 0 amide bonds. The molecule has 1 unspecified atom stereocenters. The minimum atomic E-state index is 0.593. The van der Waals surface area contributed by atoms with Crippen LogP contribution in [0, 0.1) is 5.92 Å². The average molecular weight is 225 g/mol. The Balaban J connectivity index is 1.67. The first-order valence-corrected chi connectivity index (χ1v) is 5.76. The van der Waals surface area contributed by atoms with Gasteiger partial charge in [0.15, 0.2) is 0 Å². The molecule has 1 aliphatic heterocycles. The molecule has 16 heavy (non-hydrogen) atoms. The van der Waals surface area contributed by atoms with Gasteiger partial charge in [-0.25, -0.2) is 0 Å². The maximum absolute atomic E-state index is 5.43. The molecule has 0 bridgehead atoms. The third-order valence-electron chi connectivity index (χ3n) is 2.71. The standard InChI is InChI=1S/C10H19N5O/c11-2-3-15-7-10(13-14-15)6-12-5-9-1-4-16-8-9/h7,9,12H,1-6,8,11H2. The summed E-state index contributed by atoms with van der Waals surface area (Å²) in [5.41, 5.74) is 6.40. The lowest BCUT2D eigenvalue weighted by Gasteiger charge is -2.07. The highest BCUT2D eigenvalue weighted by Gasteiger charge is 2.14. The monoisotopic (exact) mass is 225 g/mol. The van der Waals surface area contributed by atoms with Crippen LogP contribution in [0.5, 0.6) is 0 Å². The number of nitrogens with zero attached hydrogens (tertiary/aromatic N) is 3. The fraction of sp³-hybridized carbons (Fsp3) is 0.800. The van der Waals surface area contributed by atoms with Crippen molar-refractivity contribution < 1.29 is 4.74 Å². The minimum absolute atomic E-state index is 0.593. The summed E-state index contributed by atoms with van der Waals surface area (Å²) in [5, 5.41) is 11.4. The van der Waals surface area contributed by atoms with E-state index in [1.165, 1.54) is 0 Å². The second kappa shape index (κ2) is 5.93. The summed E-state index contributed by atoms with van der Waals surface area (Å²) in [6.07, 6.45) is 3.10. The number of aromatic nitrogens is 3. The number of rotatable bonds is 6. The van der Waals surface area contributed by atoms with Crippen molar-refractivity contribution >= 4 is 0 Å². The third kappa shape index (κ3) is 3.26. The molecule has 1 aliphatic rings. The van der Waals surface area contributed by atoms with Crippen LogP contribution in [0.15, 0.2) is 6.20 Å². The summed E-state index contributed by atoms with van der Waals surface area (Å²) in [6.45, 7) is 4.86. The lowest BCUT2D eigenvalue weighted by molar-refractivity contribution is 0.185. The maximum atomic E-state index is 5.43. The van der Waals surface area contributed by atoms with E-state index in [0.717, 1.165) is 45.0 Å². The average Bonchev–Trinajstić information content (AvgIpc) is 2.90. The predicted octanol–water partition coefficient (Wildman–Crippen LogP) is -0.637. The zero-order valence-corrected chi connectivity index (χ0v) is 9.43. The van der Waals surface area contributed by atoms with Crippen molar-refractivity contribution in [1.82, 2.24) is 20.3 Å². The van der Waals surface area contributed by atoms with Crippen LogP contribution >= 0.6 is 0 Å². The first-order chi connectivity index (χ1) is 7.88. The van der Waals surface area contributed by atoms with Crippen molar-refractivity contribution in [1.29, 1.82) is 0 Å². The summed E-state index contributed by atoms with van der Waals surface area (Å²) < 4.78 is 7.08. The molecule has 0 radical (unpaired) electrons. The van der Waals surface area contributed by atoms with Gasteiger partial charge in [0.25, 0.3) is 0 Å². The van der Waals surface area contributed by atoms with Gasteiger partial charge in [0, 0.05) is 32.4 Å². The number of nitrogens with one attached hydrogen (secondary N) is 1. The summed E-state index contributed by atoms with van der Waals surface area (Å²) in [5.74, 6) is 0.652. The van der Waals surface area contributed by atoms with Crippen LogP contribution in [-0.4, -0.2) is 41.3 Å². The van der Waals surface area contributed by atoms with Gasteiger partial charge in [-0.3, -0.25) is 4.68 Å². The molecule has 0 spiro atoms. The number of nitrogens with two attached hydrogens (primary N) is 1. The Morgan fingerprint density at radius 3 is 3.31 bits per heavy atom. The van der Waals surface area contributed by atoms with E-state index in [9.17, 15) is 0 Å². The van der Waals surface area contributed by atoms with Crippen molar-refractivity contribution in [2.75, 3.05) is 26.3 Å². The van der Waals surface area contributed by atoms with E-state index in [1.54, 1.807) is 4.68 Å². The summed E-state index contributed by atoms with van der Waals surface area (Å²) >= 11 is 0. The SMILES string of the molecule is NCCn1cc(CNCC2CCOC2)nn1. The number of ether oxygens (including phenoxy) is 1. The first-order valence-electron chi connectivity index (χ1n) is 5.76. The molecule has 3 N–H and O–H groups in total. The molecule has 1 fully saturated rings. The van der Waals surface area contributed by atoms with E-state index >= 15 is 0 Å². The topological polar surface area (TPSA) is 78.0 Å². The largest absolute Gasteiger partial charge is 0.381 e. The molecule has 6 heteroatoms. The Morgan fingerprint density at radius 1 is 1.62 bits per heavy atom. The Labute approximate surface area is 95.1 Å². The number of hydrogen-bond acceptors (Lipinski definition) is 5. The van der Waals surface area contributed by atoms with Crippen molar-refractivity contribution in [3.8, 4) is 0 Å². The van der Waals surface area contributed by atoms with Gasteiger partial charge in [-0.05, 0) is 12.3 Å². The first kappa shape index (κ1) is 11.5. The van der Waals surface area contributed by atoms with E-state index in [1.807, 2.05) is 6.20 Å². The van der Waals surface area contributed by atoms with Crippen LogP contribution in [0.3, 0.4) is 0 Å². The summed E-state index contributed by atoms with van der Waals surface area (Å²) in [4.78, 5) is 0. The molecule has 1 aromatic heterocycles. The third-order valence-corrected chi connectivity index (χ3v) is 2.71. The van der Waals surface area contributed by atoms with Gasteiger partial charge in [0.1, 0.15) is 0 Å². The van der Waals surface area contributed by atoms with Crippen LogP contribution in [0.1, 0.15) is 12.1 Å². The second-order valence-electron chi connectivity index (χ2n) is 4.12. The highest BCUT2D eigenvalue weighted by Crippen LogP contribution is 2.10. The molecule has 6 nitrogen and oxygen atoms in total. The van der Waals surface area contributed by atoms with Crippen molar-refractivity contribution in [2.24, 2.45) is 11.7 Å². The fourth-order valence-corrected chi connectivity index (χ4v) is 1.81. The normalized spacial score (nSPS) is 20.4. The van der Waals surface area contributed by atoms with E-state index < -0.39 is 0 Å². The quantitative estimate of drug-likeness (QED) is 0.673. The summed E-state index contributed by atoms with van der Waals surface area (Å²) in [6, 6.07) is 0. The molecule has 90 valence electrons. The van der Waals surface area contributed by atoms with Gasteiger partial charge in [-0.1, -0.05) is 5.21 Å². The molecule has 1 atom stereocenters. The number of hydrogen-bond donors (Lipinski definition) is 2. The van der Waals surface area contributed by atoms with Crippen molar-refractivity contribution in [2.45, 2.75) is 19.5 Å². The highest BCUT2D eigenvalue weighted by atomic mass is 16.5. The highest BCUT2D eigenvalue weighted by molar-refractivity contribution is 4.91. The minimum Gasteiger partial charge on any atom is -0.381 e. The lowest BCUT2D eigenvalue weighted by atomic mass is 10.1. The van der Waals surface area contributed by atoms with E-state index in [-0.39, 0.29) is 0 Å². The molecule has 2 rings (SSSR count). The van der Waals surface area contributed by atoms with Crippen LogP contribution in [0.4, 0.5) is 0 Å². The molecule has 2 heterocycles. The molecule has 1 aromatic rings. The van der Waals surface area contributed by atoms with Crippen LogP contribution in [-0.2, 0) is 17.8 Å². The predicted molar refractivity (Wildman–Crippen MR) is 59.7 cm³/mol. The molecule has 0 aromatic carbocycles. The molecular formula is C10H19N5O. The van der Waals surface area contributed by atoms with Gasteiger partial charge >= 0.3 is 0 Å². The lowest BCUT2D eigenvalue weighted by Crippen LogP contribution is -2.22. The molecule has 0 saturated carbocycles. The Kier molecular flexibility index (Phi) is 4.26. The van der Waals surface area contributed by atoms with E-state index in [2.05, 4.69) is 15.6 Å². The molecular weight excluding hydrogens is 206 g/mol. The van der Waals surface area contributed by atoms with Crippen molar-refractivity contribution in [3.63, 3.8) is 0 Å². The van der Waals surface area contributed by atoms with Crippen LogP contribution < -0.4 is 11.1 Å². The van der Waals surface area contributed by atoms with E-state index in [0.29, 0.717) is 12.5 Å². The summed E-state index contributed by atoms with van der Waals surface area (Å²) in [7, 11) is 0. The smallest absolute Gasteiger partial charge is 0.0964 e. The fourth-order valence-electron chi connectivity index (χ4n) is 1.81. The van der Waals surface area contributed by atoms with Gasteiger partial charge in [-0.2, -0.15) is 0 Å². The van der Waals surface area contributed by atoms with Gasteiger partial charge < -0.3 is 15.8 Å². The van der Waals surface area contributed by atoms with Crippen molar-refractivity contribution in [3.05, 3.63) is 11.9 Å². The van der Waals surface area contributed by atoms with Gasteiger partial charge in [0.2, 0.25) is 0 Å². The van der Waals surface area contributed by atoms with Gasteiger partial charge in [-0.15, -0.1) is 5.10 Å². The van der Waals surface area contributed by atoms with Crippen LogP contribution in [0.2, 0.25) is 0 Å². The molecule has 1 saturated heterocycles. The Hall–Kier alpha value is -0.980. The van der Waals surface area contributed by atoms with Gasteiger partial charge in [0.05, 0.1) is 18.8 Å². The molecule has 0 aliphatic carbocycles. The Bertz CT molecular complexity index is 308. The van der Waals surface area contributed by atoms with Crippen LogP contribution in [0.25, 0.3) is 0 Å². The maximum Gasteiger partial charge on any atom is 0.0964 e. The van der Waals surface area contributed by atoms with E-state index in [4.69, 9.17) is 10.5 Å². The zero-order chi connectivity index (χ0) is 11.2.